The van der Waals surface area contributed by atoms with Gasteiger partial charge in [-0.2, -0.15) is 5.10 Å². The van der Waals surface area contributed by atoms with Gasteiger partial charge in [-0.3, -0.25) is 9.59 Å². The average Bonchev–Trinajstić information content (AvgIpc) is 3.48. The van der Waals surface area contributed by atoms with E-state index in [-0.39, 0.29) is 23.2 Å². The summed E-state index contributed by atoms with van der Waals surface area (Å²) in [5.74, 6) is 1.89. The Bertz CT molecular complexity index is 1410. The summed E-state index contributed by atoms with van der Waals surface area (Å²) in [6.07, 6.45) is 4.15. The van der Waals surface area contributed by atoms with Gasteiger partial charge in [0, 0.05) is 31.4 Å². The third-order valence-corrected chi connectivity index (χ3v) is 6.20. The summed E-state index contributed by atoms with van der Waals surface area (Å²) in [4.78, 5) is 26.5. The molecule has 2 aromatic carbocycles. The van der Waals surface area contributed by atoms with Crippen LogP contribution in [0.5, 0.6) is 11.5 Å². The number of hydrogen-bond donors (Lipinski definition) is 2. The monoisotopic (exact) mass is 455 g/mol. The van der Waals surface area contributed by atoms with E-state index in [1.54, 1.807) is 4.90 Å². The highest BCUT2D eigenvalue weighted by Crippen LogP contribution is 2.34. The Hall–Kier alpha value is -4.33. The minimum Gasteiger partial charge on any atom is -0.457 e. The summed E-state index contributed by atoms with van der Waals surface area (Å²) >= 11 is 0. The zero-order valence-corrected chi connectivity index (χ0v) is 18.6. The fourth-order valence-electron chi connectivity index (χ4n) is 4.56. The molecule has 1 amide bonds. The molecule has 1 atom stereocenters. The number of likely N-dealkylation sites (tertiary alicyclic amines) is 1. The standard InChI is InChI=1S/C26H25N5O3/c1-2-22(32)30-13-12-17(14-30)15-31-16-21(23-24(31)26(33)29-28-25(23)27)18-8-10-20(11-9-18)34-19-6-4-3-5-7-19/h2-11,16-17H,1,12-15H2,(H2,27,28)(H,29,33). The Balaban J connectivity index is 1.47. The molecule has 1 saturated heterocycles. The molecule has 34 heavy (non-hydrogen) atoms. The fourth-order valence-corrected chi connectivity index (χ4v) is 4.56. The van der Waals surface area contributed by atoms with Gasteiger partial charge in [-0.1, -0.05) is 36.9 Å². The number of carbonyl (C=O) groups excluding carboxylic acids is 1. The van der Waals surface area contributed by atoms with Gasteiger partial charge >= 0.3 is 0 Å². The Morgan fingerprint density at radius 3 is 2.65 bits per heavy atom. The van der Waals surface area contributed by atoms with Crippen LogP contribution in [-0.2, 0) is 11.3 Å². The zero-order valence-electron chi connectivity index (χ0n) is 18.6. The van der Waals surface area contributed by atoms with Gasteiger partial charge in [0.1, 0.15) is 17.0 Å². The molecular formula is C26H25N5O3. The first-order valence-corrected chi connectivity index (χ1v) is 11.1. The number of aromatic nitrogens is 3. The lowest BCUT2D eigenvalue weighted by Gasteiger charge is -2.15. The molecular weight excluding hydrogens is 430 g/mol. The van der Waals surface area contributed by atoms with E-state index in [0.29, 0.717) is 36.3 Å². The molecule has 3 heterocycles. The number of rotatable bonds is 6. The first-order valence-electron chi connectivity index (χ1n) is 11.1. The molecule has 0 radical (unpaired) electrons. The summed E-state index contributed by atoms with van der Waals surface area (Å²) in [6, 6.07) is 17.2. The number of nitrogens with one attached hydrogen (secondary N) is 1. The Morgan fingerprint density at radius 2 is 1.91 bits per heavy atom. The van der Waals surface area contributed by atoms with E-state index >= 15 is 0 Å². The predicted octanol–water partition coefficient (Wildman–Crippen LogP) is 3.80. The quantitative estimate of drug-likeness (QED) is 0.430. The zero-order chi connectivity index (χ0) is 23.7. The molecule has 1 aliphatic heterocycles. The van der Waals surface area contributed by atoms with Crippen molar-refractivity contribution in [2.24, 2.45) is 5.92 Å². The molecule has 3 N–H and O–H groups in total. The maximum absolute atomic E-state index is 12.8. The lowest BCUT2D eigenvalue weighted by molar-refractivity contribution is -0.125. The molecule has 4 aromatic rings. The van der Waals surface area contributed by atoms with Gasteiger partial charge < -0.3 is 19.9 Å². The number of nitrogen functional groups attached to an aromatic ring is 1. The van der Waals surface area contributed by atoms with Gasteiger partial charge in [0.15, 0.2) is 5.82 Å². The van der Waals surface area contributed by atoms with Crippen LogP contribution in [-0.4, -0.2) is 38.7 Å². The van der Waals surface area contributed by atoms with Crippen molar-refractivity contribution >= 4 is 22.6 Å². The van der Waals surface area contributed by atoms with E-state index in [0.717, 1.165) is 23.3 Å². The summed E-state index contributed by atoms with van der Waals surface area (Å²) in [5, 5.41) is 7.11. The van der Waals surface area contributed by atoms with Crippen molar-refractivity contribution in [3.63, 3.8) is 0 Å². The second-order valence-electron chi connectivity index (χ2n) is 8.44. The van der Waals surface area contributed by atoms with Crippen molar-refractivity contribution in [2.75, 3.05) is 18.8 Å². The van der Waals surface area contributed by atoms with Crippen molar-refractivity contribution < 1.29 is 9.53 Å². The van der Waals surface area contributed by atoms with E-state index < -0.39 is 0 Å². The van der Waals surface area contributed by atoms with Gasteiger partial charge in [0.25, 0.3) is 5.56 Å². The maximum atomic E-state index is 12.8. The van der Waals surface area contributed by atoms with E-state index in [4.69, 9.17) is 10.5 Å². The highest BCUT2D eigenvalue weighted by atomic mass is 16.5. The van der Waals surface area contributed by atoms with Crippen LogP contribution >= 0.6 is 0 Å². The molecule has 172 valence electrons. The smallest absolute Gasteiger partial charge is 0.288 e. The Labute approximate surface area is 196 Å². The van der Waals surface area contributed by atoms with Crippen LogP contribution < -0.4 is 16.0 Å². The number of H-pyrrole nitrogens is 1. The summed E-state index contributed by atoms with van der Waals surface area (Å²) in [5.41, 5.74) is 8.13. The van der Waals surface area contributed by atoms with Crippen LogP contribution in [0.1, 0.15) is 6.42 Å². The number of amides is 1. The minimum atomic E-state index is -0.295. The number of aromatic amines is 1. The number of benzene rings is 2. The van der Waals surface area contributed by atoms with E-state index in [1.807, 2.05) is 65.4 Å². The number of nitrogens with zero attached hydrogens (tertiary/aromatic N) is 3. The summed E-state index contributed by atoms with van der Waals surface area (Å²) < 4.78 is 7.83. The van der Waals surface area contributed by atoms with Crippen LogP contribution in [0.15, 0.2) is 78.2 Å². The van der Waals surface area contributed by atoms with Crippen LogP contribution in [0.25, 0.3) is 22.0 Å². The van der Waals surface area contributed by atoms with Crippen molar-refractivity contribution in [3.8, 4) is 22.6 Å². The number of nitrogens with two attached hydrogens (primary N) is 1. The lowest BCUT2D eigenvalue weighted by Crippen LogP contribution is -2.27. The topological polar surface area (TPSA) is 106 Å². The third-order valence-electron chi connectivity index (χ3n) is 6.20. The van der Waals surface area contributed by atoms with Crippen LogP contribution in [0, 0.1) is 5.92 Å². The fraction of sp³-hybridized carbons (Fsp3) is 0.192. The van der Waals surface area contributed by atoms with Crippen molar-refractivity contribution in [3.05, 3.63) is 83.8 Å². The minimum absolute atomic E-state index is 0.0651. The van der Waals surface area contributed by atoms with Crippen LogP contribution in [0.3, 0.4) is 0 Å². The van der Waals surface area contributed by atoms with Gasteiger partial charge in [-0.05, 0) is 48.2 Å². The van der Waals surface area contributed by atoms with Crippen molar-refractivity contribution in [1.29, 1.82) is 0 Å². The SMILES string of the molecule is C=CC(=O)N1CCC(Cn2cc(-c3ccc(Oc4ccccc4)cc3)c3c(N)n[nH]c(=O)c32)C1. The van der Waals surface area contributed by atoms with E-state index in [2.05, 4.69) is 16.8 Å². The number of anilines is 1. The second-order valence-corrected chi connectivity index (χ2v) is 8.44. The summed E-state index contributed by atoms with van der Waals surface area (Å²) in [6.45, 7) is 5.48. The highest BCUT2D eigenvalue weighted by molar-refractivity contribution is 6.01. The van der Waals surface area contributed by atoms with Gasteiger partial charge in [-0.25, -0.2) is 5.10 Å². The number of ether oxygens (including phenoxy) is 1. The average molecular weight is 456 g/mol. The lowest BCUT2D eigenvalue weighted by atomic mass is 10.1. The van der Waals surface area contributed by atoms with Gasteiger partial charge in [-0.15, -0.1) is 0 Å². The number of carbonyl (C=O) groups is 1. The van der Waals surface area contributed by atoms with Gasteiger partial charge in [0.05, 0.1) is 5.39 Å². The van der Waals surface area contributed by atoms with Crippen LogP contribution in [0.2, 0.25) is 0 Å². The molecule has 2 aromatic heterocycles. The predicted molar refractivity (Wildman–Crippen MR) is 132 cm³/mol. The first-order chi connectivity index (χ1) is 16.5. The maximum Gasteiger partial charge on any atom is 0.288 e. The summed E-state index contributed by atoms with van der Waals surface area (Å²) in [7, 11) is 0. The molecule has 0 aliphatic carbocycles. The molecule has 5 rings (SSSR count). The first kappa shape index (κ1) is 21.5. The van der Waals surface area contributed by atoms with E-state index in [1.165, 1.54) is 6.08 Å². The molecule has 8 nitrogen and oxygen atoms in total. The van der Waals surface area contributed by atoms with Crippen molar-refractivity contribution in [1.82, 2.24) is 19.7 Å². The normalized spacial score (nSPS) is 15.5. The van der Waals surface area contributed by atoms with Crippen LogP contribution in [0.4, 0.5) is 5.82 Å². The third kappa shape index (κ3) is 4.05. The van der Waals surface area contributed by atoms with Gasteiger partial charge in [0.2, 0.25) is 5.91 Å². The molecule has 0 bridgehead atoms. The Morgan fingerprint density at radius 1 is 1.18 bits per heavy atom. The number of fused-ring (bicyclic) bond motifs is 1. The molecule has 1 aliphatic rings. The molecule has 1 fully saturated rings. The number of hydrogen-bond acceptors (Lipinski definition) is 5. The largest absolute Gasteiger partial charge is 0.457 e. The number of para-hydroxylation sites is 1. The molecule has 0 saturated carbocycles. The highest BCUT2D eigenvalue weighted by Gasteiger charge is 2.27. The second kappa shape index (κ2) is 8.90. The Kier molecular flexibility index (Phi) is 5.63. The molecule has 8 heteroatoms. The molecule has 0 spiro atoms. The molecule has 1 unspecified atom stereocenters. The van der Waals surface area contributed by atoms with Crippen molar-refractivity contribution in [2.45, 2.75) is 13.0 Å². The van der Waals surface area contributed by atoms with E-state index in [9.17, 15) is 9.59 Å².